The Kier molecular flexibility index (Phi) is 4.37. The van der Waals surface area contributed by atoms with Gasteiger partial charge in [0.1, 0.15) is 11.3 Å². The maximum Gasteiger partial charge on any atom is 0.122 e. The van der Waals surface area contributed by atoms with Crippen molar-refractivity contribution in [1.29, 1.82) is 5.26 Å². The molecule has 0 saturated carbocycles. The van der Waals surface area contributed by atoms with E-state index in [4.69, 9.17) is 10.00 Å². The third kappa shape index (κ3) is 3.02. The van der Waals surface area contributed by atoms with Crippen molar-refractivity contribution in [2.24, 2.45) is 0 Å². The number of hydrogen-bond donors (Lipinski definition) is 1. The van der Waals surface area contributed by atoms with Crippen molar-refractivity contribution in [2.75, 3.05) is 7.11 Å². The highest BCUT2D eigenvalue weighted by Gasteiger charge is 2.17. The van der Waals surface area contributed by atoms with Gasteiger partial charge in [0, 0.05) is 6.54 Å². The molecule has 1 aromatic rings. The molecule has 0 amide bonds. The monoisotopic (exact) mass is 246 g/mol. The third-order valence-electron chi connectivity index (χ3n) is 3.41. The minimum absolute atomic E-state index is 0.507. The van der Waals surface area contributed by atoms with Gasteiger partial charge < -0.3 is 4.74 Å². The molecule has 3 nitrogen and oxygen atoms in total. The van der Waals surface area contributed by atoms with Gasteiger partial charge in [0.2, 0.25) is 0 Å². The third-order valence-corrected chi connectivity index (χ3v) is 3.41. The summed E-state index contributed by atoms with van der Waals surface area (Å²) in [5.41, 5.74) is 4.32. The molecule has 0 unspecified atom stereocenters. The molecule has 0 fully saturated rings. The van der Waals surface area contributed by atoms with E-state index in [-0.39, 0.29) is 0 Å². The number of rotatable bonds is 4. The van der Waals surface area contributed by atoms with Gasteiger partial charge in [0.15, 0.2) is 0 Å². The second kappa shape index (κ2) is 5.41. The summed E-state index contributed by atoms with van der Waals surface area (Å²) in [4.78, 5) is 0. The maximum absolute atomic E-state index is 9.01. The molecule has 0 bridgehead atoms. The predicted octanol–water partition coefficient (Wildman–Crippen LogP) is 3.01. The lowest BCUT2D eigenvalue weighted by Crippen LogP contribution is -2.37. The molecule has 0 radical (unpaired) electrons. The molecule has 3 heteroatoms. The zero-order valence-electron chi connectivity index (χ0n) is 12.1. The normalized spacial score (nSPS) is 11.2. The first-order chi connectivity index (χ1) is 8.32. The number of hydrogen-bond acceptors (Lipinski definition) is 3. The molecule has 1 rings (SSSR count). The fourth-order valence-corrected chi connectivity index (χ4v) is 1.93. The summed E-state index contributed by atoms with van der Waals surface area (Å²) in [6.07, 6.45) is 0. The average molecular weight is 246 g/mol. The van der Waals surface area contributed by atoms with Crippen LogP contribution in [0.4, 0.5) is 0 Å². The fourth-order valence-electron chi connectivity index (χ4n) is 1.93. The number of nitrogens with one attached hydrogen (secondary N) is 1. The Hall–Kier alpha value is -1.53. The van der Waals surface area contributed by atoms with E-state index < -0.39 is 5.54 Å². The predicted molar refractivity (Wildman–Crippen MR) is 73.7 cm³/mol. The first-order valence-corrected chi connectivity index (χ1v) is 6.12. The van der Waals surface area contributed by atoms with Crippen LogP contribution in [-0.4, -0.2) is 12.6 Å². The molecule has 1 aromatic carbocycles. The number of methoxy groups -OCH3 is 1. The van der Waals surface area contributed by atoms with E-state index in [9.17, 15) is 0 Å². The van der Waals surface area contributed by atoms with Gasteiger partial charge in [0.05, 0.1) is 13.2 Å². The standard InChI is InChI=1S/C15H22N2O/c1-10-7-14(18-6)12(3)11(2)13(10)8-17-15(4,5)9-16/h7,17H,8H2,1-6H3. The van der Waals surface area contributed by atoms with Gasteiger partial charge in [-0.3, -0.25) is 5.32 Å². The van der Waals surface area contributed by atoms with Crippen LogP contribution in [-0.2, 0) is 6.54 Å². The Morgan fingerprint density at radius 1 is 1.28 bits per heavy atom. The molecule has 0 heterocycles. The zero-order valence-corrected chi connectivity index (χ0v) is 12.1. The molecular weight excluding hydrogens is 224 g/mol. The second-order valence-electron chi connectivity index (χ2n) is 5.21. The van der Waals surface area contributed by atoms with Gasteiger partial charge in [-0.2, -0.15) is 5.26 Å². The molecule has 0 atom stereocenters. The summed E-state index contributed by atoms with van der Waals surface area (Å²) in [5.74, 6) is 0.924. The first-order valence-electron chi connectivity index (χ1n) is 6.12. The summed E-state index contributed by atoms with van der Waals surface area (Å²) in [7, 11) is 1.69. The van der Waals surface area contributed by atoms with Gasteiger partial charge in [-0.1, -0.05) is 0 Å². The topological polar surface area (TPSA) is 45.0 Å². The molecule has 0 spiro atoms. The highest BCUT2D eigenvalue weighted by Crippen LogP contribution is 2.27. The Morgan fingerprint density at radius 2 is 1.89 bits per heavy atom. The van der Waals surface area contributed by atoms with E-state index in [1.165, 1.54) is 16.7 Å². The quantitative estimate of drug-likeness (QED) is 0.888. The van der Waals surface area contributed by atoms with Gasteiger partial charge in [0.25, 0.3) is 0 Å². The SMILES string of the molecule is COc1cc(C)c(CNC(C)(C)C#N)c(C)c1C. The molecule has 0 aliphatic heterocycles. The van der Waals surface area contributed by atoms with Crippen LogP contribution in [0.15, 0.2) is 6.07 Å². The van der Waals surface area contributed by atoms with E-state index >= 15 is 0 Å². The van der Waals surface area contributed by atoms with Crippen LogP contribution in [0, 0.1) is 32.1 Å². The average Bonchev–Trinajstić information content (AvgIpc) is 2.33. The van der Waals surface area contributed by atoms with E-state index in [1.807, 2.05) is 13.8 Å². The fraction of sp³-hybridized carbons (Fsp3) is 0.533. The van der Waals surface area contributed by atoms with Crippen LogP contribution in [0.3, 0.4) is 0 Å². The van der Waals surface area contributed by atoms with Gasteiger partial charge in [-0.15, -0.1) is 0 Å². The van der Waals surface area contributed by atoms with Gasteiger partial charge >= 0.3 is 0 Å². The Bertz CT molecular complexity index is 484. The van der Waals surface area contributed by atoms with Crippen molar-refractivity contribution in [3.05, 3.63) is 28.3 Å². The zero-order chi connectivity index (χ0) is 13.9. The molecule has 0 saturated heterocycles. The summed E-state index contributed by atoms with van der Waals surface area (Å²) in [5, 5.41) is 12.3. The van der Waals surface area contributed by atoms with Gasteiger partial charge in [-0.25, -0.2) is 0 Å². The summed E-state index contributed by atoms with van der Waals surface area (Å²) in [6, 6.07) is 4.31. The number of ether oxygens (including phenoxy) is 1. The van der Waals surface area contributed by atoms with Gasteiger partial charge in [-0.05, 0) is 62.9 Å². The second-order valence-corrected chi connectivity index (χ2v) is 5.21. The Labute approximate surface area is 110 Å². The smallest absolute Gasteiger partial charge is 0.122 e. The largest absolute Gasteiger partial charge is 0.496 e. The van der Waals surface area contributed by atoms with Crippen LogP contribution in [0.2, 0.25) is 0 Å². The van der Waals surface area contributed by atoms with Crippen molar-refractivity contribution in [3.8, 4) is 11.8 Å². The van der Waals surface area contributed by atoms with E-state index in [1.54, 1.807) is 7.11 Å². The highest BCUT2D eigenvalue weighted by molar-refractivity contribution is 5.48. The molecular formula is C15H22N2O. The lowest BCUT2D eigenvalue weighted by atomic mass is 9.96. The van der Waals surface area contributed by atoms with Crippen molar-refractivity contribution in [3.63, 3.8) is 0 Å². The van der Waals surface area contributed by atoms with E-state index in [2.05, 4.69) is 38.2 Å². The lowest BCUT2D eigenvalue weighted by molar-refractivity contribution is 0.410. The van der Waals surface area contributed by atoms with Crippen LogP contribution >= 0.6 is 0 Å². The number of nitriles is 1. The molecule has 1 N–H and O–H groups in total. The van der Waals surface area contributed by atoms with Crippen LogP contribution in [0.25, 0.3) is 0 Å². The van der Waals surface area contributed by atoms with Crippen LogP contribution in [0.5, 0.6) is 5.75 Å². The van der Waals surface area contributed by atoms with Crippen molar-refractivity contribution in [2.45, 2.75) is 46.7 Å². The number of aryl methyl sites for hydroxylation is 1. The summed E-state index contributed by atoms with van der Waals surface area (Å²) < 4.78 is 5.36. The summed E-state index contributed by atoms with van der Waals surface area (Å²) in [6.45, 7) is 10.7. The van der Waals surface area contributed by atoms with E-state index in [0.29, 0.717) is 6.54 Å². The minimum atomic E-state index is -0.507. The Morgan fingerprint density at radius 3 is 2.39 bits per heavy atom. The van der Waals surface area contributed by atoms with Crippen LogP contribution in [0.1, 0.15) is 36.1 Å². The number of nitrogens with zero attached hydrogens (tertiary/aromatic N) is 1. The van der Waals surface area contributed by atoms with Crippen molar-refractivity contribution >= 4 is 0 Å². The minimum Gasteiger partial charge on any atom is -0.496 e. The summed E-state index contributed by atoms with van der Waals surface area (Å²) >= 11 is 0. The lowest BCUT2D eigenvalue weighted by Gasteiger charge is -2.21. The Balaban J connectivity index is 3.05. The van der Waals surface area contributed by atoms with Crippen LogP contribution < -0.4 is 10.1 Å². The molecule has 0 aliphatic rings. The molecule has 98 valence electrons. The maximum atomic E-state index is 9.01. The molecule has 0 aromatic heterocycles. The van der Waals surface area contributed by atoms with E-state index in [0.717, 1.165) is 11.3 Å². The first kappa shape index (κ1) is 14.5. The van der Waals surface area contributed by atoms with Crippen molar-refractivity contribution in [1.82, 2.24) is 5.32 Å². The highest BCUT2D eigenvalue weighted by atomic mass is 16.5. The molecule has 0 aliphatic carbocycles. The molecule has 18 heavy (non-hydrogen) atoms. The van der Waals surface area contributed by atoms with Crippen molar-refractivity contribution < 1.29 is 4.74 Å². The number of benzene rings is 1.